The van der Waals surface area contributed by atoms with Gasteiger partial charge < -0.3 is 14.6 Å². The summed E-state index contributed by atoms with van der Waals surface area (Å²) in [5.74, 6) is 0.605. The van der Waals surface area contributed by atoms with E-state index in [9.17, 15) is 4.21 Å². The Morgan fingerprint density at radius 3 is 2.65 bits per heavy atom. The first-order chi connectivity index (χ1) is 15.1. The molecule has 2 aromatic carbocycles. The van der Waals surface area contributed by atoms with Gasteiger partial charge in [0.05, 0.1) is 22.7 Å². The molecule has 0 saturated carbocycles. The Morgan fingerprint density at radius 1 is 1.03 bits per heavy atom. The third-order valence-corrected chi connectivity index (χ3v) is 6.55. The summed E-state index contributed by atoms with van der Waals surface area (Å²) in [6, 6.07) is 19.2. The predicted molar refractivity (Wildman–Crippen MR) is 129 cm³/mol. The van der Waals surface area contributed by atoms with Crippen molar-refractivity contribution >= 4 is 45.2 Å². The molecule has 2 heterocycles. The van der Waals surface area contributed by atoms with Gasteiger partial charge in [-0.15, -0.1) is 0 Å². The number of aliphatic hydroxyl groups is 1. The number of nitrogens with one attached hydrogen (secondary N) is 2. The largest absolute Gasteiger partial charge is 0.395 e. The first-order valence-electron chi connectivity index (χ1n) is 9.73. The van der Waals surface area contributed by atoms with Crippen molar-refractivity contribution in [2.75, 3.05) is 21.8 Å². The van der Waals surface area contributed by atoms with Crippen LogP contribution in [0.4, 0.5) is 11.4 Å². The van der Waals surface area contributed by atoms with E-state index in [-0.39, 0.29) is 6.61 Å². The topological polar surface area (TPSA) is 87.1 Å². The maximum absolute atomic E-state index is 12.8. The fourth-order valence-corrected chi connectivity index (χ4v) is 4.41. The van der Waals surface area contributed by atoms with Gasteiger partial charge in [-0.25, -0.2) is 9.19 Å². The maximum atomic E-state index is 12.8. The smallest absolute Gasteiger partial charge is 0.150 e. The van der Waals surface area contributed by atoms with Crippen molar-refractivity contribution in [2.45, 2.75) is 11.8 Å². The van der Waals surface area contributed by atoms with Crippen molar-refractivity contribution in [3.63, 3.8) is 0 Å². The summed E-state index contributed by atoms with van der Waals surface area (Å²) >= 11 is 1.42. The number of fused-ring (bicyclic) bond motifs is 1. The van der Waals surface area contributed by atoms with Gasteiger partial charge in [0.15, 0.2) is 0 Å². The summed E-state index contributed by atoms with van der Waals surface area (Å²) in [4.78, 5) is 9.57. The Bertz CT molecular complexity index is 1220. The first-order valence-corrected chi connectivity index (χ1v) is 11.9. The molecule has 4 aromatic rings. The van der Waals surface area contributed by atoms with Crippen LogP contribution < -0.4 is 9.44 Å². The highest BCUT2D eigenvalue weighted by molar-refractivity contribution is 8.00. The molecule has 0 aliphatic heterocycles. The van der Waals surface area contributed by atoms with Crippen LogP contribution in [0, 0.1) is 6.92 Å². The van der Waals surface area contributed by atoms with Gasteiger partial charge in [-0.1, -0.05) is 18.0 Å². The van der Waals surface area contributed by atoms with Crippen molar-refractivity contribution in [3.8, 4) is 11.3 Å². The molecule has 8 heteroatoms. The SMILES string of the molecule is Cc1ccc(NS(=O)c2ccc(NSCCO)cc2)cc1-c1ccc2cnccc2n1. The van der Waals surface area contributed by atoms with Crippen LogP contribution in [0.15, 0.2) is 78.0 Å². The van der Waals surface area contributed by atoms with Crippen LogP contribution in [0.5, 0.6) is 0 Å². The number of nitrogens with zero attached hydrogens (tertiary/aromatic N) is 2. The average Bonchev–Trinajstić information content (AvgIpc) is 2.80. The highest BCUT2D eigenvalue weighted by Crippen LogP contribution is 2.27. The lowest BCUT2D eigenvalue weighted by molar-refractivity contribution is 0.322. The van der Waals surface area contributed by atoms with Gasteiger partial charge in [0.25, 0.3) is 0 Å². The lowest BCUT2D eigenvalue weighted by atomic mass is 10.0. The Kier molecular flexibility index (Phi) is 6.81. The Hall–Kier alpha value is -2.94. The van der Waals surface area contributed by atoms with Crippen LogP contribution in [0.25, 0.3) is 22.2 Å². The molecule has 0 amide bonds. The Balaban J connectivity index is 1.52. The van der Waals surface area contributed by atoms with Gasteiger partial charge >= 0.3 is 0 Å². The lowest BCUT2D eigenvalue weighted by Gasteiger charge is -2.11. The zero-order valence-corrected chi connectivity index (χ0v) is 18.5. The van der Waals surface area contributed by atoms with E-state index in [1.165, 1.54) is 11.9 Å². The van der Waals surface area contributed by atoms with Crippen LogP contribution in [0.1, 0.15) is 5.56 Å². The van der Waals surface area contributed by atoms with Crippen molar-refractivity contribution in [1.82, 2.24) is 9.97 Å². The van der Waals surface area contributed by atoms with E-state index < -0.39 is 11.0 Å². The van der Waals surface area contributed by atoms with E-state index in [0.717, 1.165) is 39.1 Å². The average molecular weight is 451 g/mol. The monoisotopic (exact) mass is 450 g/mol. The highest BCUT2D eigenvalue weighted by Gasteiger charge is 2.09. The summed E-state index contributed by atoms with van der Waals surface area (Å²) in [5.41, 5.74) is 5.49. The zero-order valence-electron chi connectivity index (χ0n) is 16.9. The molecule has 4 rings (SSSR count). The minimum Gasteiger partial charge on any atom is -0.395 e. The molecule has 0 saturated heterocycles. The molecule has 0 radical (unpaired) electrons. The quantitative estimate of drug-likeness (QED) is 0.264. The highest BCUT2D eigenvalue weighted by atomic mass is 32.2. The van der Waals surface area contributed by atoms with E-state index >= 15 is 0 Å². The van der Waals surface area contributed by atoms with Gasteiger partial charge in [0, 0.05) is 40.5 Å². The van der Waals surface area contributed by atoms with Gasteiger partial charge in [-0.2, -0.15) is 0 Å². The Labute approximate surface area is 187 Å². The van der Waals surface area contributed by atoms with Crippen molar-refractivity contribution < 1.29 is 9.32 Å². The maximum Gasteiger partial charge on any atom is 0.150 e. The molecule has 0 aliphatic rings. The number of rotatable bonds is 8. The predicted octanol–water partition coefficient (Wildman–Crippen LogP) is 4.79. The third kappa shape index (κ3) is 5.22. The molecule has 0 bridgehead atoms. The normalized spacial score (nSPS) is 11.9. The number of hydrogen-bond donors (Lipinski definition) is 3. The van der Waals surface area contributed by atoms with E-state index in [1.54, 1.807) is 12.4 Å². The molecule has 0 fully saturated rings. The fraction of sp³-hybridized carbons (Fsp3) is 0.130. The summed E-state index contributed by atoms with van der Waals surface area (Å²) in [7, 11) is -1.40. The minimum absolute atomic E-state index is 0.119. The zero-order chi connectivity index (χ0) is 21.6. The van der Waals surface area contributed by atoms with Crippen molar-refractivity contribution in [3.05, 3.63) is 78.6 Å². The number of aromatic nitrogens is 2. The third-order valence-electron chi connectivity index (χ3n) is 4.67. The number of hydrogen-bond acceptors (Lipinski definition) is 6. The van der Waals surface area contributed by atoms with E-state index in [0.29, 0.717) is 10.6 Å². The van der Waals surface area contributed by atoms with Crippen LogP contribution in [-0.2, 0) is 11.0 Å². The molecule has 3 N–H and O–H groups in total. The molecular weight excluding hydrogens is 428 g/mol. The van der Waals surface area contributed by atoms with Crippen molar-refractivity contribution in [2.24, 2.45) is 0 Å². The lowest BCUT2D eigenvalue weighted by Crippen LogP contribution is -2.05. The van der Waals surface area contributed by atoms with Crippen LogP contribution in [-0.4, -0.2) is 31.6 Å². The summed E-state index contributed by atoms with van der Waals surface area (Å²) < 4.78 is 19.0. The molecule has 0 spiro atoms. The van der Waals surface area contributed by atoms with Crippen LogP contribution in [0.3, 0.4) is 0 Å². The standard InChI is InChI=1S/C23H22N4O2S2/c1-16-2-4-19(14-21(16)23-9-3-17-15-24-11-10-22(17)25-23)27-31(29)20-7-5-18(6-8-20)26-30-13-12-28/h2-11,14-15,26-28H,12-13H2,1H3. The van der Waals surface area contributed by atoms with E-state index in [4.69, 9.17) is 10.1 Å². The molecule has 2 aromatic heterocycles. The van der Waals surface area contributed by atoms with E-state index in [2.05, 4.69) is 14.4 Å². The van der Waals surface area contributed by atoms with E-state index in [1.807, 2.05) is 67.6 Å². The molecule has 0 aliphatic carbocycles. The second-order valence-electron chi connectivity index (χ2n) is 6.86. The van der Waals surface area contributed by atoms with Gasteiger partial charge in [0.2, 0.25) is 0 Å². The van der Waals surface area contributed by atoms with Gasteiger partial charge in [-0.3, -0.25) is 4.98 Å². The number of pyridine rings is 2. The molecule has 6 nitrogen and oxygen atoms in total. The summed E-state index contributed by atoms with van der Waals surface area (Å²) in [6.45, 7) is 2.16. The second kappa shape index (κ2) is 9.91. The molecule has 1 unspecified atom stereocenters. The number of aliphatic hydroxyl groups excluding tert-OH is 1. The minimum atomic E-state index is -1.40. The second-order valence-corrected chi connectivity index (χ2v) is 8.98. The van der Waals surface area contributed by atoms with Crippen LogP contribution in [0.2, 0.25) is 0 Å². The summed E-state index contributed by atoms with van der Waals surface area (Å²) in [5, 5.41) is 9.83. The molecule has 31 heavy (non-hydrogen) atoms. The number of benzene rings is 2. The fourth-order valence-electron chi connectivity index (χ4n) is 3.07. The molecular formula is C23H22N4O2S2. The van der Waals surface area contributed by atoms with Gasteiger partial charge in [-0.05, 0) is 67.1 Å². The molecule has 1 atom stereocenters. The first kappa shape index (κ1) is 21.3. The van der Waals surface area contributed by atoms with Crippen molar-refractivity contribution in [1.29, 1.82) is 0 Å². The van der Waals surface area contributed by atoms with Gasteiger partial charge in [0.1, 0.15) is 11.0 Å². The number of anilines is 2. The van der Waals surface area contributed by atoms with Crippen LogP contribution >= 0.6 is 11.9 Å². The molecule has 158 valence electrons. The summed E-state index contributed by atoms with van der Waals surface area (Å²) in [6.07, 6.45) is 3.53. The number of aryl methyl sites for hydroxylation is 1. The Morgan fingerprint density at radius 2 is 1.84 bits per heavy atom.